The van der Waals surface area contributed by atoms with E-state index >= 15 is 0 Å². The zero-order chi connectivity index (χ0) is 19.8. The second kappa shape index (κ2) is 7.44. The lowest BCUT2D eigenvalue weighted by Crippen LogP contribution is -2.16. The minimum Gasteiger partial charge on any atom is -0.465 e. The van der Waals surface area contributed by atoms with Crippen molar-refractivity contribution in [3.63, 3.8) is 0 Å². The van der Waals surface area contributed by atoms with Gasteiger partial charge in [-0.1, -0.05) is 0 Å². The first-order valence-corrected chi connectivity index (χ1v) is 11.0. The number of rotatable bonds is 5. The molecule has 3 rings (SSSR count). The van der Waals surface area contributed by atoms with Gasteiger partial charge in [0.05, 0.1) is 22.8 Å². The molecule has 0 fully saturated rings. The van der Waals surface area contributed by atoms with E-state index in [1.165, 1.54) is 42.7 Å². The largest absolute Gasteiger partial charge is 0.465 e. The third-order valence-electron chi connectivity index (χ3n) is 4.60. The number of fused-ring (bicyclic) bond motifs is 1. The predicted molar refractivity (Wildman–Crippen MR) is 104 cm³/mol. The summed E-state index contributed by atoms with van der Waals surface area (Å²) in [6, 6.07) is 5.81. The van der Waals surface area contributed by atoms with Crippen LogP contribution in [-0.4, -0.2) is 32.7 Å². The summed E-state index contributed by atoms with van der Waals surface area (Å²) in [4.78, 5) is 26.0. The van der Waals surface area contributed by atoms with E-state index < -0.39 is 27.0 Å². The van der Waals surface area contributed by atoms with E-state index in [0.717, 1.165) is 29.7 Å². The second-order valence-electron chi connectivity index (χ2n) is 6.63. The van der Waals surface area contributed by atoms with Crippen molar-refractivity contribution in [2.75, 3.05) is 12.4 Å². The van der Waals surface area contributed by atoms with Gasteiger partial charge in [0.1, 0.15) is 5.00 Å². The van der Waals surface area contributed by atoms with Crippen LogP contribution in [0, 0.1) is 0 Å². The highest BCUT2D eigenvalue weighted by Gasteiger charge is 2.28. The number of methoxy groups -OCH3 is 1. The first-order valence-electron chi connectivity index (χ1n) is 8.64. The number of hydrogen-bond donors (Lipinski definition) is 1. The van der Waals surface area contributed by atoms with Gasteiger partial charge in [-0.25, -0.2) is 13.2 Å². The van der Waals surface area contributed by atoms with Gasteiger partial charge in [-0.2, -0.15) is 0 Å². The van der Waals surface area contributed by atoms with Gasteiger partial charge in [0.25, 0.3) is 5.91 Å². The van der Waals surface area contributed by atoms with Gasteiger partial charge in [-0.15, -0.1) is 11.3 Å². The summed E-state index contributed by atoms with van der Waals surface area (Å²) in [7, 11) is -2.07. The summed E-state index contributed by atoms with van der Waals surface area (Å²) in [5.74, 6) is -0.850. The lowest BCUT2D eigenvalue weighted by atomic mass is 10.1. The molecule has 1 N–H and O–H groups in total. The number of aryl methyl sites for hydroxylation is 1. The van der Waals surface area contributed by atoms with E-state index in [4.69, 9.17) is 4.74 Å². The quantitative estimate of drug-likeness (QED) is 0.767. The molecule has 144 valence electrons. The number of anilines is 1. The van der Waals surface area contributed by atoms with Crippen molar-refractivity contribution in [2.45, 2.75) is 43.3 Å². The van der Waals surface area contributed by atoms with Gasteiger partial charge in [-0.3, -0.25) is 4.79 Å². The molecule has 1 aliphatic carbocycles. The first kappa shape index (κ1) is 19.6. The number of benzene rings is 1. The van der Waals surface area contributed by atoms with Crippen LogP contribution >= 0.6 is 11.3 Å². The summed E-state index contributed by atoms with van der Waals surface area (Å²) in [6.45, 7) is 3.22. The van der Waals surface area contributed by atoms with Crippen LogP contribution in [0.1, 0.15) is 51.4 Å². The van der Waals surface area contributed by atoms with E-state index in [-0.39, 0.29) is 4.90 Å². The van der Waals surface area contributed by atoms with Crippen molar-refractivity contribution in [3.8, 4) is 0 Å². The van der Waals surface area contributed by atoms with Gasteiger partial charge in [0, 0.05) is 10.4 Å². The Bertz CT molecular complexity index is 988. The topological polar surface area (TPSA) is 89.5 Å². The van der Waals surface area contributed by atoms with Crippen molar-refractivity contribution in [3.05, 3.63) is 45.8 Å². The zero-order valence-electron chi connectivity index (χ0n) is 15.4. The fourth-order valence-electron chi connectivity index (χ4n) is 3.05. The average Bonchev–Trinajstić information content (AvgIpc) is 3.21. The van der Waals surface area contributed by atoms with Gasteiger partial charge in [0.2, 0.25) is 0 Å². The van der Waals surface area contributed by atoms with Crippen LogP contribution in [0.2, 0.25) is 0 Å². The van der Waals surface area contributed by atoms with Crippen molar-refractivity contribution in [1.29, 1.82) is 0 Å². The fraction of sp³-hybridized carbons (Fsp3) is 0.368. The lowest BCUT2D eigenvalue weighted by molar-refractivity contribution is 0.0601. The number of ether oxygens (including phenoxy) is 1. The van der Waals surface area contributed by atoms with Gasteiger partial charge in [0.15, 0.2) is 9.84 Å². The molecule has 1 heterocycles. The third kappa shape index (κ3) is 3.64. The highest BCUT2D eigenvalue weighted by Crippen LogP contribution is 2.39. The molecule has 0 unspecified atom stereocenters. The molecule has 0 saturated carbocycles. The fourth-order valence-corrected chi connectivity index (χ4v) is 5.39. The number of hydrogen-bond acceptors (Lipinski definition) is 6. The summed E-state index contributed by atoms with van der Waals surface area (Å²) in [5, 5.41) is 2.73. The first-order chi connectivity index (χ1) is 12.8. The average molecular weight is 408 g/mol. The van der Waals surface area contributed by atoms with E-state index in [2.05, 4.69) is 5.32 Å². The molecule has 1 aromatic carbocycles. The minimum absolute atomic E-state index is 0.180. The number of carbonyl (C=O) groups is 2. The SMILES string of the molecule is COC(=O)c1c(NC(=O)c2ccc(S(=O)(=O)C(C)C)cc2)sc2c1CCC2. The molecule has 1 amide bonds. The van der Waals surface area contributed by atoms with Gasteiger partial charge in [-0.05, 0) is 62.9 Å². The molecule has 0 aliphatic heterocycles. The van der Waals surface area contributed by atoms with Gasteiger partial charge < -0.3 is 10.1 Å². The highest BCUT2D eigenvalue weighted by molar-refractivity contribution is 7.92. The normalized spacial score (nSPS) is 13.5. The Kier molecular flexibility index (Phi) is 5.39. The van der Waals surface area contributed by atoms with Crippen molar-refractivity contribution >= 4 is 38.1 Å². The Balaban J connectivity index is 1.86. The smallest absolute Gasteiger partial charge is 0.341 e. The molecular formula is C19H21NO5S2. The summed E-state index contributed by atoms with van der Waals surface area (Å²) >= 11 is 1.40. The number of thiophene rings is 1. The van der Waals surface area contributed by atoms with Crippen molar-refractivity contribution in [1.82, 2.24) is 0 Å². The number of carbonyl (C=O) groups excluding carboxylic acids is 2. The van der Waals surface area contributed by atoms with Crippen LogP contribution in [0.4, 0.5) is 5.00 Å². The van der Waals surface area contributed by atoms with Crippen molar-refractivity contribution < 1.29 is 22.7 Å². The maximum absolute atomic E-state index is 12.6. The van der Waals surface area contributed by atoms with Crippen LogP contribution < -0.4 is 5.32 Å². The van der Waals surface area contributed by atoms with Crippen LogP contribution in [0.15, 0.2) is 29.2 Å². The van der Waals surface area contributed by atoms with Crippen LogP contribution in [0.25, 0.3) is 0 Å². The molecular weight excluding hydrogens is 386 g/mol. The van der Waals surface area contributed by atoms with E-state index in [1.54, 1.807) is 13.8 Å². The maximum Gasteiger partial charge on any atom is 0.341 e. The third-order valence-corrected chi connectivity index (χ3v) is 7.98. The van der Waals surface area contributed by atoms with Gasteiger partial charge >= 0.3 is 5.97 Å². The lowest BCUT2D eigenvalue weighted by Gasteiger charge is -2.09. The molecule has 1 aliphatic rings. The molecule has 0 atom stereocenters. The molecule has 0 bridgehead atoms. The minimum atomic E-state index is -3.39. The monoisotopic (exact) mass is 407 g/mol. The number of amides is 1. The van der Waals surface area contributed by atoms with E-state index in [1.807, 2.05) is 0 Å². The highest BCUT2D eigenvalue weighted by atomic mass is 32.2. The summed E-state index contributed by atoms with van der Waals surface area (Å²) in [6.07, 6.45) is 2.68. The van der Waals surface area contributed by atoms with Crippen LogP contribution in [0.5, 0.6) is 0 Å². The Morgan fingerprint density at radius 2 is 1.81 bits per heavy atom. The summed E-state index contributed by atoms with van der Waals surface area (Å²) < 4.78 is 29.2. The van der Waals surface area contributed by atoms with E-state index in [9.17, 15) is 18.0 Å². The van der Waals surface area contributed by atoms with Crippen molar-refractivity contribution in [2.24, 2.45) is 0 Å². The second-order valence-corrected chi connectivity index (χ2v) is 10.2. The number of nitrogens with one attached hydrogen (secondary N) is 1. The molecule has 6 nitrogen and oxygen atoms in total. The molecule has 2 aromatic rings. The van der Waals surface area contributed by atoms with Crippen LogP contribution in [-0.2, 0) is 27.4 Å². The Morgan fingerprint density at radius 1 is 1.15 bits per heavy atom. The molecule has 0 radical (unpaired) electrons. The number of sulfone groups is 1. The molecule has 1 aromatic heterocycles. The zero-order valence-corrected chi connectivity index (χ0v) is 17.0. The maximum atomic E-state index is 12.6. The van der Waals surface area contributed by atoms with Crippen LogP contribution in [0.3, 0.4) is 0 Å². The standard InChI is InChI=1S/C19H21NO5S2/c1-11(2)27(23,24)13-9-7-12(8-10-13)17(21)20-18-16(19(22)25-3)14-5-4-6-15(14)26-18/h7-11H,4-6H2,1-3H3,(H,20,21). The number of esters is 1. The molecule has 8 heteroatoms. The Morgan fingerprint density at radius 3 is 2.41 bits per heavy atom. The Labute approximate surface area is 162 Å². The predicted octanol–water partition coefficient (Wildman–Crippen LogP) is 3.46. The molecule has 0 saturated heterocycles. The summed E-state index contributed by atoms with van der Waals surface area (Å²) in [5.41, 5.74) is 1.71. The molecule has 27 heavy (non-hydrogen) atoms. The Hall–Kier alpha value is -2.19. The molecule has 0 spiro atoms. The van der Waals surface area contributed by atoms with E-state index in [0.29, 0.717) is 16.1 Å².